The van der Waals surface area contributed by atoms with Gasteiger partial charge in [-0.25, -0.2) is 8.42 Å². The van der Waals surface area contributed by atoms with Gasteiger partial charge in [-0.05, 0) is 48.9 Å². The molecule has 0 saturated heterocycles. The Balaban J connectivity index is 1.59. The van der Waals surface area contributed by atoms with Gasteiger partial charge in [-0.15, -0.1) is 0 Å². The number of aromatic amines is 1. The van der Waals surface area contributed by atoms with E-state index in [-0.39, 0.29) is 33.7 Å². The highest BCUT2D eigenvalue weighted by molar-refractivity contribution is 7.92. The van der Waals surface area contributed by atoms with E-state index in [1.165, 1.54) is 19.2 Å². The van der Waals surface area contributed by atoms with E-state index < -0.39 is 10.0 Å². The van der Waals surface area contributed by atoms with Gasteiger partial charge in [0.25, 0.3) is 10.0 Å². The van der Waals surface area contributed by atoms with E-state index in [2.05, 4.69) is 15.0 Å². The minimum absolute atomic E-state index is 0.119. The summed E-state index contributed by atoms with van der Waals surface area (Å²) in [5.74, 6) is -0.129. The molecular weight excluding hydrogens is 462 g/mol. The lowest BCUT2D eigenvalue weighted by Crippen LogP contribution is -2.17. The number of para-hydroxylation sites is 2. The van der Waals surface area contributed by atoms with E-state index in [0.29, 0.717) is 5.69 Å². The Morgan fingerprint density at radius 3 is 2.55 bits per heavy atom. The second kappa shape index (κ2) is 9.17. The number of nitrogens with one attached hydrogen (secondary N) is 3. The number of anilines is 2. The lowest BCUT2D eigenvalue weighted by atomic mass is 10.1. The van der Waals surface area contributed by atoms with Gasteiger partial charge < -0.3 is 15.0 Å². The molecule has 3 N–H and O–H groups in total. The number of ether oxygens (including phenoxy) is 1. The molecule has 0 aliphatic rings. The van der Waals surface area contributed by atoms with E-state index >= 15 is 0 Å². The first-order chi connectivity index (χ1) is 15.8. The number of hydrogen-bond acceptors (Lipinski definition) is 4. The summed E-state index contributed by atoms with van der Waals surface area (Å²) in [6, 6.07) is 18.7. The highest BCUT2D eigenvalue weighted by atomic mass is 35.5. The van der Waals surface area contributed by atoms with E-state index in [1.807, 2.05) is 31.2 Å². The first-order valence-electron chi connectivity index (χ1n) is 10.1. The van der Waals surface area contributed by atoms with E-state index in [1.54, 1.807) is 30.3 Å². The monoisotopic (exact) mass is 483 g/mol. The third-order valence-electron chi connectivity index (χ3n) is 5.22. The smallest absolute Gasteiger partial charge is 0.265 e. The van der Waals surface area contributed by atoms with Gasteiger partial charge >= 0.3 is 0 Å². The van der Waals surface area contributed by atoms with Crippen molar-refractivity contribution in [2.24, 2.45) is 0 Å². The van der Waals surface area contributed by atoms with E-state index in [0.717, 1.165) is 22.2 Å². The number of sulfonamides is 1. The Labute approximate surface area is 196 Å². The molecule has 1 aromatic heterocycles. The number of methoxy groups -OCH3 is 1. The topological polar surface area (TPSA) is 100 Å². The average Bonchev–Trinajstić information content (AvgIpc) is 3.10. The van der Waals surface area contributed by atoms with Crippen LogP contribution in [0.2, 0.25) is 5.02 Å². The molecule has 0 aliphatic carbocycles. The zero-order valence-corrected chi connectivity index (χ0v) is 19.5. The molecular formula is C24H22ClN3O4S. The number of carbonyl (C=O) groups excluding carboxylic acids is 1. The van der Waals surface area contributed by atoms with Crippen molar-refractivity contribution in [3.05, 3.63) is 83.0 Å². The maximum atomic E-state index is 13.1. The van der Waals surface area contributed by atoms with Gasteiger partial charge in [-0.2, -0.15) is 0 Å². The second-order valence-electron chi connectivity index (χ2n) is 7.45. The van der Waals surface area contributed by atoms with Crippen molar-refractivity contribution >= 4 is 49.8 Å². The molecule has 4 rings (SSSR count). The predicted octanol–water partition coefficient (Wildman–Crippen LogP) is 5.12. The summed E-state index contributed by atoms with van der Waals surface area (Å²) < 4.78 is 33.8. The Morgan fingerprint density at radius 1 is 1.06 bits per heavy atom. The van der Waals surface area contributed by atoms with Crippen LogP contribution in [0.4, 0.5) is 11.4 Å². The molecule has 0 atom stereocenters. The van der Waals surface area contributed by atoms with Crippen molar-refractivity contribution in [1.82, 2.24) is 4.98 Å². The normalized spacial score (nSPS) is 11.4. The molecule has 9 heteroatoms. The summed E-state index contributed by atoms with van der Waals surface area (Å²) in [4.78, 5) is 15.9. The molecule has 3 aromatic carbocycles. The van der Waals surface area contributed by atoms with Crippen LogP contribution in [0.1, 0.15) is 11.3 Å². The Morgan fingerprint density at radius 2 is 1.79 bits per heavy atom. The fraction of sp³-hybridized carbons (Fsp3) is 0.125. The standard InChI is InChI=1S/C24H22ClN3O4S/c1-15-18(17-7-3-5-9-20(17)26-15)14-24(29)27-16-11-12-22(32-2)23(13-16)33(30,31)28-21-10-6-4-8-19(21)25/h3-13,26,28H,14H2,1-2H3,(H,27,29). The van der Waals surface area contributed by atoms with Crippen LogP contribution in [0.3, 0.4) is 0 Å². The number of benzene rings is 3. The molecule has 1 heterocycles. The first-order valence-corrected chi connectivity index (χ1v) is 12.0. The SMILES string of the molecule is COc1ccc(NC(=O)Cc2c(C)[nH]c3ccccc23)cc1S(=O)(=O)Nc1ccccc1Cl. The molecule has 33 heavy (non-hydrogen) atoms. The molecule has 0 aliphatic heterocycles. The van der Waals surface area contributed by atoms with Crippen LogP contribution in [-0.2, 0) is 21.2 Å². The molecule has 0 unspecified atom stereocenters. The van der Waals surface area contributed by atoms with Gasteiger partial charge in [0.15, 0.2) is 0 Å². The summed E-state index contributed by atoms with van der Waals surface area (Å²) in [5.41, 5.74) is 3.34. The Bertz CT molecular complexity index is 1450. The number of hydrogen-bond donors (Lipinski definition) is 3. The lowest BCUT2D eigenvalue weighted by Gasteiger charge is -2.14. The zero-order chi connectivity index (χ0) is 23.6. The molecule has 1 amide bonds. The van der Waals surface area contributed by atoms with Crippen LogP contribution in [0.25, 0.3) is 10.9 Å². The molecule has 0 radical (unpaired) electrons. The summed E-state index contributed by atoms with van der Waals surface area (Å²) in [5, 5.41) is 4.03. The maximum Gasteiger partial charge on any atom is 0.265 e. The van der Waals surface area contributed by atoms with Gasteiger partial charge in [0.1, 0.15) is 10.6 Å². The van der Waals surface area contributed by atoms with Crippen LogP contribution in [0, 0.1) is 6.92 Å². The van der Waals surface area contributed by atoms with Gasteiger partial charge in [-0.1, -0.05) is 41.9 Å². The highest BCUT2D eigenvalue weighted by Crippen LogP contribution is 2.31. The van der Waals surface area contributed by atoms with Gasteiger partial charge in [0.2, 0.25) is 5.91 Å². The predicted molar refractivity (Wildman–Crippen MR) is 131 cm³/mol. The van der Waals surface area contributed by atoms with Crippen LogP contribution < -0.4 is 14.8 Å². The molecule has 4 aromatic rings. The zero-order valence-electron chi connectivity index (χ0n) is 18.0. The summed E-state index contributed by atoms with van der Waals surface area (Å²) >= 11 is 6.10. The fourth-order valence-corrected chi connectivity index (χ4v) is 5.15. The van der Waals surface area contributed by atoms with Crippen molar-refractivity contribution in [2.45, 2.75) is 18.2 Å². The highest BCUT2D eigenvalue weighted by Gasteiger charge is 2.22. The van der Waals surface area contributed by atoms with E-state index in [4.69, 9.17) is 16.3 Å². The lowest BCUT2D eigenvalue weighted by molar-refractivity contribution is -0.115. The number of halogens is 1. The molecule has 170 valence electrons. The maximum absolute atomic E-state index is 13.1. The van der Waals surface area contributed by atoms with Crippen LogP contribution in [0.15, 0.2) is 71.6 Å². The number of fused-ring (bicyclic) bond motifs is 1. The number of aromatic nitrogens is 1. The van der Waals surface area contributed by atoms with Crippen molar-refractivity contribution in [3.63, 3.8) is 0 Å². The molecule has 0 bridgehead atoms. The molecule has 0 saturated carbocycles. The van der Waals surface area contributed by atoms with Crippen LogP contribution >= 0.6 is 11.6 Å². The number of H-pyrrole nitrogens is 1. The van der Waals surface area contributed by atoms with Crippen LogP contribution in [-0.4, -0.2) is 26.4 Å². The van der Waals surface area contributed by atoms with E-state index in [9.17, 15) is 13.2 Å². The largest absolute Gasteiger partial charge is 0.495 e. The van der Waals surface area contributed by atoms with Gasteiger partial charge in [-0.3, -0.25) is 9.52 Å². The number of rotatable bonds is 7. The van der Waals surface area contributed by atoms with Crippen molar-refractivity contribution in [3.8, 4) is 5.75 Å². The summed E-state index contributed by atoms with van der Waals surface area (Å²) in [6.45, 7) is 1.92. The minimum Gasteiger partial charge on any atom is -0.495 e. The summed E-state index contributed by atoms with van der Waals surface area (Å²) in [6.07, 6.45) is 0.141. The number of aryl methyl sites for hydroxylation is 1. The molecule has 0 spiro atoms. The van der Waals surface area contributed by atoms with Crippen LogP contribution in [0.5, 0.6) is 5.75 Å². The fourth-order valence-electron chi connectivity index (χ4n) is 3.64. The van der Waals surface area contributed by atoms with Crippen molar-refractivity contribution in [1.29, 1.82) is 0 Å². The van der Waals surface area contributed by atoms with Gasteiger partial charge in [0, 0.05) is 22.3 Å². The summed E-state index contributed by atoms with van der Waals surface area (Å²) in [7, 11) is -2.66. The quantitative estimate of drug-likeness (QED) is 0.339. The first kappa shape index (κ1) is 22.7. The average molecular weight is 484 g/mol. The second-order valence-corrected chi connectivity index (χ2v) is 9.51. The molecule has 7 nitrogen and oxygen atoms in total. The van der Waals surface area contributed by atoms with Crippen molar-refractivity contribution < 1.29 is 17.9 Å². The molecule has 0 fully saturated rings. The van der Waals surface area contributed by atoms with Crippen molar-refractivity contribution in [2.75, 3.05) is 17.1 Å². The minimum atomic E-state index is -4.04. The Kier molecular flexibility index (Phi) is 6.31. The Hall–Kier alpha value is -3.49. The number of amides is 1. The third kappa shape index (κ3) is 4.81. The number of carbonyl (C=O) groups is 1. The third-order valence-corrected chi connectivity index (χ3v) is 6.94. The van der Waals surface area contributed by atoms with Gasteiger partial charge in [0.05, 0.1) is 24.2 Å².